The molecule has 2 aromatic rings. The van der Waals surface area contributed by atoms with Crippen LogP contribution in [0.4, 0.5) is 0 Å². The van der Waals surface area contributed by atoms with Crippen LogP contribution in [0.25, 0.3) is 0 Å². The predicted molar refractivity (Wildman–Crippen MR) is 89.1 cm³/mol. The SMILES string of the molecule is COc1ccc(C(C)=O)cc1COC(=O)C1COc2ccccc2O1. The second-order valence-electron chi connectivity index (χ2n) is 5.55. The van der Waals surface area contributed by atoms with Gasteiger partial charge in [-0.15, -0.1) is 0 Å². The average Bonchev–Trinajstić information content (AvgIpc) is 2.65. The summed E-state index contributed by atoms with van der Waals surface area (Å²) in [6.45, 7) is 1.54. The predicted octanol–water partition coefficient (Wildman–Crippen LogP) is 2.78. The second-order valence-corrected chi connectivity index (χ2v) is 5.55. The Labute approximate surface area is 145 Å². The number of carbonyl (C=O) groups excluding carboxylic acids is 2. The lowest BCUT2D eigenvalue weighted by atomic mass is 10.1. The van der Waals surface area contributed by atoms with Gasteiger partial charge < -0.3 is 18.9 Å². The number of methoxy groups -OCH3 is 1. The molecule has 130 valence electrons. The molecule has 6 heteroatoms. The van der Waals surface area contributed by atoms with E-state index >= 15 is 0 Å². The third-order valence-electron chi connectivity index (χ3n) is 3.83. The number of benzene rings is 2. The molecule has 0 saturated heterocycles. The fourth-order valence-electron chi connectivity index (χ4n) is 2.49. The largest absolute Gasteiger partial charge is 0.496 e. The molecule has 25 heavy (non-hydrogen) atoms. The Morgan fingerprint density at radius 1 is 1.16 bits per heavy atom. The molecule has 1 aliphatic rings. The van der Waals surface area contributed by atoms with Gasteiger partial charge >= 0.3 is 5.97 Å². The molecule has 0 radical (unpaired) electrons. The molecule has 2 aromatic carbocycles. The molecule has 6 nitrogen and oxygen atoms in total. The molecular formula is C19H18O6. The molecule has 3 rings (SSSR count). The van der Waals surface area contributed by atoms with Crippen LogP contribution in [0, 0.1) is 0 Å². The van der Waals surface area contributed by atoms with Crippen LogP contribution in [0.15, 0.2) is 42.5 Å². The Balaban J connectivity index is 1.67. The molecule has 0 saturated carbocycles. The maximum Gasteiger partial charge on any atom is 0.351 e. The third-order valence-corrected chi connectivity index (χ3v) is 3.83. The fourth-order valence-corrected chi connectivity index (χ4v) is 2.49. The van der Waals surface area contributed by atoms with Gasteiger partial charge in [-0.05, 0) is 37.3 Å². The maximum absolute atomic E-state index is 12.3. The summed E-state index contributed by atoms with van der Waals surface area (Å²) in [5.41, 5.74) is 1.14. The van der Waals surface area contributed by atoms with Crippen LogP contribution in [0.5, 0.6) is 17.2 Å². The van der Waals surface area contributed by atoms with Crippen molar-refractivity contribution < 1.29 is 28.5 Å². The highest BCUT2D eigenvalue weighted by atomic mass is 16.6. The first-order chi connectivity index (χ1) is 12.1. The van der Waals surface area contributed by atoms with E-state index in [0.29, 0.717) is 28.4 Å². The van der Waals surface area contributed by atoms with Gasteiger partial charge in [-0.2, -0.15) is 0 Å². The molecule has 0 N–H and O–H groups in total. The third kappa shape index (κ3) is 3.74. The summed E-state index contributed by atoms with van der Waals surface area (Å²) in [6, 6.07) is 12.1. The molecule has 1 unspecified atom stereocenters. The number of hydrogen-bond acceptors (Lipinski definition) is 6. The second kappa shape index (κ2) is 7.25. The normalized spacial score (nSPS) is 15.4. The first kappa shape index (κ1) is 16.8. The monoisotopic (exact) mass is 342 g/mol. The van der Waals surface area contributed by atoms with Crippen molar-refractivity contribution in [3.05, 3.63) is 53.6 Å². The summed E-state index contributed by atoms with van der Waals surface area (Å²) in [5, 5.41) is 0. The average molecular weight is 342 g/mol. The molecule has 0 aliphatic carbocycles. The van der Waals surface area contributed by atoms with Gasteiger partial charge in [-0.1, -0.05) is 12.1 Å². The van der Waals surface area contributed by atoms with Crippen molar-refractivity contribution in [3.63, 3.8) is 0 Å². The minimum atomic E-state index is -0.836. The molecule has 0 aromatic heterocycles. The zero-order chi connectivity index (χ0) is 17.8. The van der Waals surface area contributed by atoms with E-state index in [4.69, 9.17) is 18.9 Å². The van der Waals surface area contributed by atoms with Gasteiger partial charge in [0.2, 0.25) is 6.10 Å². The van der Waals surface area contributed by atoms with E-state index in [9.17, 15) is 9.59 Å². The van der Waals surface area contributed by atoms with Gasteiger partial charge in [-0.3, -0.25) is 4.79 Å². The van der Waals surface area contributed by atoms with Crippen molar-refractivity contribution in [1.82, 2.24) is 0 Å². The van der Waals surface area contributed by atoms with Crippen molar-refractivity contribution in [2.75, 3.05) is 13.7 Å². The van der Waals surface area contributed by atoms with Crippen LogP contribution in [-0.2, 0) is 16.1 Å². The van der Waals surface area contributed by atoms with Crippen molar-refractivity contribution in [2.24, 2.45) is 0 Å². The van der Waals surface area contributed by atoms with E-state index in [2.05, 4.69) is 0 Å². The Bertz CT molecular complexity index is 798. The van der Waals surface area contributed by atoms with Gasteiger partial charge in [-0.25, -0.2) is 4.79 Å². The van der Waals surface area contributed by atoms with E-state index < -0.39 is 12.1 Å². The van der Waals surface area contributed by atoms with Crippen molar-refractivity contribution in [3.8, 4) is 17.2 Å². The van der Waals surface area contributed by atoms with Crippen LogP contribution < -0.4 is 14.2 Å². The summed E-state index contributed by atoms with van der Waals surface area (Å²) >= 11 is 0. The minimum Gasteiger partial charge on any atom is -0.496 e. The lowest BCUT2D eigenvalue weighted by Gasteiger charge is -2.25. The standard InChI is InChI=1S/C19H18O6/c1-12(20)13-7-8-15(22-2)14(9-13)10-24-19(21)18-11-23-16-5-3-4-6-17(16)25-18/h3-9,18H,10-11H2,1-2H3. The summed E-state index contributed by atoms with van der Waals surface area (Å²) < 4.78 is 21.7. The Morgan fingerprint density at radius 2 is 1.92 bits per heavy atom. The molecule has 0 fully saturated rings. The number of fused-ring (bicyclic) bond motifs is 1. The van der Waals surface area contributed by atoms with Gasteiger partial charge in [0.1, 0.15) is 19.0 Å². The van der Waals surface area contributed by atoms with Crippen LogP contribution in [0.1, 0.15) is 22.8 Å². The number of carbonyl (C=O) groups is 2. The summed E-state index contributed by atoms with van der Waals surface area (Å²) in [7, 11) is 1.52. The van der Waals surface area contributed by atoms with Crippen LogP contribution in [-0.4, -0.2) is 31.6 Å². The van der Waals surface area contributed by atoms with E-state index in [0.717, 1.165) is 0 Å². The van der Waals surface area contributed by atoms with Gasteiger partial charge in [0, 0.05) is 11.1 Å². The number of rotatable bonds is 5. The Hall–Kier alpha value is -3.02. The van der Waals surface area contributed by atoms with Crippen molar-refractivity contribution >= 4 is 11.8 Å². The molecule has 1 aliphatic heterocycles. The maximum atomic E-state index is 12.3. The summed E-state index contributed by atoms with van der Waals surface area (Å²) in [4.78, 5) is 23.8. The van der Waals surface area contributed by atoms with Crippen LogP contribution in [0.3, 0.4) is 0 Å². The van der Waals surface area contributed by atoms with E-state index in [1.807, 2.05) is 6.07 Å². The molecule has 0 bridgehead atoms. The van der Waals surface area contributed by atoms with E-state index in [1.54, 1.807) is 36.4 Å². The summed E-state index contributed by atoms with van der Waals surface area (Å²) in [5.74, 6) is 1.04. The highest BCUT2D eigenvalue weighted by Gasteiger charge is 2.28. The van der Waals surface area contributed by atoms with Crippen LogP contribution in [0.2, 0.25) is 0 Å². The number of esters is 1. The highest BCUT2D eigenvalue weighted by molar-refractivity contribution is 5.94. The first-order valence-corrected chi connectivity index (χ1v) is 7.81. The Morgan fingerprint density at radius 3 is 2.64 bits per heavy atom. The lowest BCUT2D eigenvalue weighted by molar-refractivity contribution is -0.155. The molecule has 0 amide bonds. The molecular weight excluding hydrogens is 324 g/mol. The minimum absolute atomic E-state index is 0.0232. The lowest BCUT2D eigenvalue weighted by Crippen LogP contribution is -2.37. The topological polar surface area (TPSA) is 71.1 Å². The van der Waals surface area contributed by atoms with Crippen molar-refractivity contribution in [1.29, 1.82) is 0 Å². The van der Waals surface area contributed by atoms with Crippen LogP contribution >= 0.6 is 0 Å². The molecule has 1 heterocycles. The number of para-hydroxylation sites is 2. The first-order valence-electron chi connectivity index (χ1n) is 7.81. The zero-order valence-corrected chi connectivity index (χ0v) is 14.0. The smallest absolute Gasteiger partial charge is 0.351 e. The quantitative estimate of drug-likeness (QED) is 0.615. The molecule has 1 atom stereocenters. The van der Waals surface area contributed by atoms with Gasteiger partial charge in [0.25, 0.3) is 0 Å². The van der Waals surface area contributed by atoms with Gasteiger partial charge in [0.05, 0.1) is 7.11 Å². The van der Waals surface area contributed by atoms with Gasteiger partial charge in [0.15, 0.2) is 17.3 Å². The number of hydrogen-bond donors (Lipinski definition) is 0. The van der Waals surface area contributed by atoms with E-state index in [-0.39, 0.29) is 19.0 Å². The summed E-state index contributed by atoms with van der Waals surface area (Å²) in [6.07, 6.45) is -0.836. The zero-order valence-electron chi connectivity index (χ0n) is 14.0. The van der Waals surface area contributed by atoms with E-state index in [1.165, 1.54) is 14.0 Å². The number of ketones is 1. The number of Topliss-reactive ketones (excluding diaryl/α,β-unsaturated/α-hetero) is 1. The Kier molecular flexibility index (Phi) is 4.88. The van der Waals surface area contributed by atoms with Crippen molar-refractivity contribution in [2.45, 2.75) is 19.6 Å². The fraction of sp³-hybridized carbons (Fsp3) is 0.263. The number of ether oxygens (including phenoxy) is 4. The molecule has 0 spiro atoms. The highest BCUT2D eigenvalue weighted by Crippen LogP contribution is 2.31.